The van der Waals surface area contributed by atoms with Crippen LogP contribution in [0.25, 0.3) is 0 Å². The van der Waals surface area contributed by atoms with Gasteiger partial charge in [0.15, 0.2) is 0 Å². The van der Waals surface area contributed by atoms with E-state index in [9.17, 15) is 0 Å². The molecule has 2 fully saturated rings. The van der Waals surface area contributed by atoms with E-state index in [-0.39, 0.29) is 0 Å². The maximum absolute atomic E-state index is 4.92. The van der Waals surface area contributed by atoms with Crippen LogP contribution >= 0.6 is 0 Å². The zero-order chi connectivity index (χ0) is 16.6. The van der Waals surface area contributed by atoms with Gasteiger partial charge in [-0.1, -0.05) is 6.92 Å². The molecule has 0 amide bonds. The van der Waals surface area contributed by atoms with Crippen LogP contribution in [0.1, 0.15) is 57.4 Å². The summed E-state index contributed by atoms with van der Waals surface area (Å²) in [6.45, 7) is 6.22. The Morgan fingerprint density at radius 1 is 1.21 bits per heavy atom. The zero-order valence-electron chi connectivity index (χ0n) is 14.9. The molecule has 1 aliphatic heterocycles. The van der Waals surface area contributed by atoms with Crippen molar-refractivity contribution in [2.75, 3.05) is 18.4 Å². The van der Waals surface area contributed by atoms with Crippen LogP contribution in [0.5, 0.6) is 0 Å². The van der Waals surface area contributed by atoms with Crippen molar-refractivity contribution in [3.8, 4) is 0 Å². The highest BCUT2D eigenvalue weighted by atomic mass is 15.0. The minimum Gasteiger partial charge on any atom is -0.370 e. The molecule has 0 atom stereocenters. The number of amidine groups is 1. The van der Waals surface area contributed by atoms with E-state index in [0.29, 0.717) is 10.8 Å². The van der Waals surface area contributed by atoms with Gasteiger partial charge in [-0.15, -0.1) is 0 Å². The van der Waals surface area contributed by atoms with Gasteiger partial charge in [-0.05, 0) is 68.6 Å². The topological polar surface area (TPSA) is 49.6 Å². The highest BCUT2D eigenvalue weighted by Gasteiger charge is 2.56. The molecular weight excluding hydrogens is 296 g/mol. The molecule has 0 saturated heterocycles. The molecule has 0 radical (unpaired) electrons. The number of anilines is 1. The van der Waals surface area contributed by atoms with Crippen molar-refractivity contribution in [2.45, 2.75) is 58.8 Å². The van der Waals surface area contributed by atoms with Crippen LogP contribution in [0, 0.1) is 17.8 Å². The fourth-order valence-electron chi connectivity index (χ4n) is 4.91. The Kier molecular flexibility index (Phi) is 3.93. The number of hydrogen-bond acceptors (Lipinski definition) is 4. The van der Waals surface area contributed by atoms with Crippen molar-refractivity contribution in [1.29, 1.82) is 0 Å². The zero-order valence-corrected chi connectivity index (χ0v) is 14.9. The lowest BCUT2D eigenvalue weighted by molar-refractivity contribution is 0.312. The Labute approximate surface area is 144 Å². The number of pyridine rings is 1. The summed E-state index contributed by atoms with van der Waals surface area (Å²) >= 11 is 0. The molecule has 2 bridgehead atoms. The summed E-state index contributed by atoms with van der Waals surface area (Å²) in [6.07, 6.45) is 10.6. The van der Waals surface area contributed by atoms with Crippen LogP contribution < -0.4 is 5.32 Å². The summed E-state index contributed by atoms with van der Waals surface area (Å²) in [5, 5.41) is 3.60. The minimum absolute atomic E-state index is 0.348. The Bertz CT molecular complexity index is 681. The first kappa shape index (κ1) is 15.8. The Hall–Kier alpha value is -1.71. The molecule has 4 heteroatoms. The average molecular weight is 324 g/mol. The number of nitrogens with zero attached hydrogens (tertiary/aromatic N) is 3. The second kappa shape index (κ2) is 5.98. The van der Waals surface area contributed by atoms with Gasteiger partial charge in [0, 0.05) is 30.3 Å². The second-order valence-corrected chi connectivity index (χ2v) is 8.07. The van der Waals surface area contributed by atoms with Gasteiger partial charge in [0.1, 0.15) is 11.7 Å². The summed E-state index contributed by atoms with van der Waals surface area (Å²) in [5.74, 6) is 2.11. The molecule has 1 aromatic heterocycles. The summed E-state index contributed by atoms with van der Waals surface area (Å²) in [7, 11) is 0. The Morgan fingerprint density at radius 2 is 2.04 bits per heavy atom. The number of aliphatic imine (C=N–C) groups is 2. The van der Waals surface area contributed by atoms with Crippen LogP contribution in [0.2, 0.25) is 0 Å². The van der Waals surface area contributed by atoms with Crippen molar-refractivity contribution in [3.63, 3.8) is 0 Å². The van der Waals surface area contributed by atoms with Gasteiger partial charge in [-0.25, -0.2) is 9.98 Å². The SMILES string of the molecule is CCCC1=NCC(C23CCC(CNc4cc(C)ccn4)(CC2)C3)=N1. The minimum atomic E-state index is 0.348. The smallest absolute Gasteiger partial charge is 0.126 e. The molecule has 128 valence electrons. The summed E-state index contributed by atoms with van der Waals surface area (Å²) in [6, 6.07) is 4.19. The summed E-state index contributed by atoms with van der Waals surface area (Å²) in [4.78, 5) is 14.1. The first-order valence-electron chi connectivity index (χ1n) is 9.41. The van der Waals surface area contributed by atoms with Gasteiger partial charge in [-0.2, -0.15) is 0 Å². The summed E-state index contributed by atoms with van der Waals surface area (Å²) in [5.41, 5.74) is 3.43. The van der Waals surface area contributed by atoms with Gasteiger partial charge in [0.05, 0.1) is 6.54 Å². The first-order chi connectivity index (χ1) is 11.6. The van der Waals surface area contributed by atoms with Crippen LogP contribution in [-0.2, 0) is 0 Å². The van der Waals surface area contributed by atoms with Crippen molar-refractivity contribution in [1.82, 2.24) is 4.98 Å². The molecule has 3 aliphatic rings. The fourth-order valence-corrected chi connectivity index (χ4v) is 4.91. The lowest BCUT2D eigenvalue weighted by atomic mass is 9.79. The monoisotopic (exact) mass is 324 g/mol. The number of hydrogen-bond donors (Lipinski definition) is 1. The second-order valence-electron chi connectivity index (χ2n) is 8.07. The van der Waals surface area contributed by atoms with Crippen molar-refractivity contribution in [3.05, 3.63) is 23.9 Å². The van der Waals surface area contributed by atoms with Crippen molar-refractivity contribution < 1.29 is 0 Å². The van der Waals surface area contributed by atoms with E-state index in [1.807, 2.05) is 12.3 Å². The normalized spacial score (nSPS) is 31.2. The highest BCUT2D eigenvalue weighted by molar-refractivity contribution is 6.07. The average Bonchev–Trinajstić information content (AvgIpc) is 3.28. The third kappa shape index (κ3) is 2.76. The number of fused-ring (bicyclic) bond motifs is 2. The van der Waals surface area contributed by atoms with Crippen LogP contribution in [0.4, 0.5) is 5.82 Å². The standard InChI is InChI=1S/C20H28N4/c1-3-4-17-22-12-16(24-17)20-8-6-19(13-20,7-9-20)14-23-18-11-15(2)5-10-21-18/h5,10-11H,3-4,6-9,12-14H2,1-2H3,(H,21,23). The third-order valence-corrected chi connectivity index (χ3v) is 6.30. The molecule has 1 aromatic rings. The molecule has 1 N–H and O–H groups in total. The van der Waals surface area contributed by atoms with Crippen LogP contribution in [0.15, 0.2) is 28.3 Å². The number of rotatable bonds is 6. The van der Waals surface area contributed by atoms with Crippen molar-refractivity contribution in [2.24, 2.45) is 20.8 Å². The molecular formula is C20H28N4. The van der Waals surface area contributed by atoms with E-state index < -0.39 is 0 Å². The number of aryl methyl sites for hydroxylation is 1. The van der Waals surface area contributed by atoms with Gasteiger partial charge >= 0.3 is 0 Å². The quantitative estimate of drug-likeness (QED) is 0.843. The largest absolute Gasteiger partial charge is 0.370 e. The molecule has 4 rings (SSSR count). The molecule has 2 heterocycles. The van der Waals surface area contributed by atoms with E-state index in [2.05, 4.69) is 35.2 Å². The van der Waals surface area contributed by atoms with Gasteiger partial charge in [0.25, 0.3) is 0 Å². The highest BCUT2D eigenvalue weighted by Crippen LogP contribution is 2.62. The van der Waals surface area contributed by atoms with Gasteiger partial charge in [0.2, 0.25) is 0 Å². The molecule has 0 unspecified atom stereocenters. The maximum Gasteiger partial charge on any atom is 0.126 e. The van der Waals surface area contributed by atoms with E-state index in [0.717, 1.165) is 37.6 Å². The van der Waals surface area contributed by atoms with E-state index in [1.54, 1.807) is 0 Å². The fraction of sp³-hybridized carbons (Fsp3) is 0.650. The van der Waals surface area contributed by atoms with Gasteiger partial charge in [-0.3, -0.25) is 4.99 Å². The lowest BCUT2D eigenvalue weighted by Gasteiger charge is -2.28. The van der Waals surface area contributed by atoms with Crippen LogP contribution in [-0.4, -0.2) is 29.6 Å². The lowest BCUT2D eigenvalue weighted by Crippen LogP contribution is -2.27. The molecule has 0 aromatic carbocycles. The molecule has 2 saturated carbocycles. The number of nitrogens with one attached hydrogen (secondary N) is 1. The first-order valence-corrected chi connectivity index (χ1v) is 9.41. The van der Waals surface area contributed by atoms with Crippen LogP contribution in [0.3, 0.4) is 0 Å². The van der Waals surface area contributed by atoms with E-state index >= 15 is 0 Å². The molecule has 2 aliphatic carbocycles. The molecule has 4 nitrogen and oxygen atoms in total. The number of aromatic nitrogens is 1. The predicted molar refractivity (Wildman–Crippen MR) is 100 cm³/mol. The maximum atomic E-state index is 4.92. The molecule has 0 spiro atoms. The van der Waals surface area contributed by atoms with Crippen molar-refractivity contribution >= 4 is 17.4 Å². The van der Waals surface area contributed by atoms with E-state index in [4.69, 9.17) is 4.99 Å². The predicted octanol–water partition coefficient (Wildman–Crippen LogP) is 4.41. The van der Waals surface area contributed by atoms with Gasteiger partial charge < -0.3 is 5.32 Å². The molecule has 24 heavy (non-hydrogen) atoms. The summed E-state index contributed by atoms with van der Waals surface area (Å²) < 4.78 is 0. The Balaban J connectivity index is 1.42. The van der Waals surface area contributed by atoms with E-state index in [1.165, 1.54) is 43.4 Å². The Morgan fingerprint density at radius 3 is 2.79 bits per heavy atom. The third-order valence-electron chi connectivity index (χ3n) is 6.30.